The predicted molar refractivity (Wildman–Crippen MR) is 87.4 cm³/mol. The highest BCUT2D eigenvalue weighted by Gasteiger charge is 2.22. The molecule has 0 aromatic carbocycles. The van der Waals surface area contributed by atoms with Crippen molar-refractivity contribution < 1.29 is 0 Å². The van der Waals surface area contributed by atoms with E-state index in [1.807, 2.05) is 13.2 Å². The molecule has 0 spiro atoms. The summed E-state index contributed by atoms with van der Waals surface area (Å²) >= 11 is 0. The maximum absolute atomic E-state index is 6.42. The van der Waals surface area contributed by atoms with Crippen LogP contribution in [-0.2, 0) is 7.05 Å². The van der Waals surface area contributed by atoms with Gasteiger partial charge in [-0.05, 0) is 39.3 Å². The van der Waals surface area contributed by atoms with Crippen molar-refractivity contribution >= 4 is 0 Å². The van der Waals surface area contributed by atoms with Crippen LogP contribution in [-0.4, -0.2) is 35.7 Å². The number of nitrogens with zero attached hydrogens (tertiary/aromatic N) is 2. The maximum Gasteiger partial charge on any atom is 0.125 e. The molecule has 1 aliphatic heterocycles. The van der Waals surface area contributed by atoms with Crippen LogP contribution in [0.1, 0.15) is 62.5 Å². The van der Waals surface area contributed by atoms with Crippen LogP contribution in [0.3, 0.4) is 0 Å². The average Bonchev–Trinajstić information content (AvgIpc) is 2.87. The number of nitrogens with two attached hydrogens (primary N) is 1. The van der Waals surface area contributed by atoms with Crippen molar-refractivity contribution in [3.63, 3.8) is 0 Å². The number of rotatable bonds is 7. The fraction of sp³-hybridized carbons (Fsp3) is 0.812. The molecule has 0 radical (unpaired) electrons. The van der Waals surface area contributed by atoms with E-state index in [1.54, 1.807) is 0 Å². The number of nitrogens with one attached hydrogen (secondary N) is 2. The van der Waals surface area contributed by atoms with Crippen molar-refractivity contribution in [1.82, 2.24) is 20.2 Å². The molecule has 1 fully saturated rings. The molecular formula is C16H31N5. The summed E-state index contributed by atoms with van der Waals surface area (Å²) in [6, 6.07) is 0.569. The maximum atomic E-state index is 6.42. The lowest BCUT2D eigenvalue weighted by atomic mass is 9.98. The van der Waals surface area contributed by atoms with Gasteiger partial charge in [0.25, 0.3) is 0 Å². The van der Waals surface area contributed by atoms with E-state index in [1.165, 1.54) is 25.0 Å². The topological polar surface area (TPSA) is 67.9 Å². The van der Waals surface area contributed by atoms with Gasteiger partial charge in [0.1, 0.15) is 5.82 Å². The molecule has 0 amide bonds. The Labute approximate surface area is 128 Å². The van der Waals surface area contributed by atoms with Gasteiger partial charge in [-0.2, -0.15) is 0 Å². The van der Waals surface area contributed by atoms with Crippen molar-refractivity contribution in [2.45, 2.75) is 57.0 Å². The molecule has 0 bridgehead atoms. The summed E-state index contributed by atoms with van der Waals surface area (Å²) < 4.78 is 2.21. The summed E-state index contributed by atoms with van der Waals surface area (Å²) in [5.74, 6) is 1.52. The van der Waals surface area contributed by atoms with Crippen molar-refractivity contribution in [1.29, 1.82) is 0 Å². The second-order valence-corrected chi connectivity index (χ2v) is 6.25. The van der Waals surface area contributed by atoms with Gasteiger partial charge in [-0.15, -0.1) is 0 Å². The first kappa shape index (κ1) is 16.5. The zero-order valence-electron chi connectivity index (χ0n) is 13.7. The van der Waals surface area contributed by atoms with Crippen molar-refractivity contribution in [3.05, 3.63) is 17.7 Å². The normalized spacial score (nSPS) is 22.2. The third kappa shape index (κ3) is 4.05. The Bertz CT molecular complexity index is 422. The van der Waals surface area contributed by atoms with Crippen LogP contribution in [0.4, 0.5) is 0 Å². The molecule has 1 saturated heterocycles. The van der Waals surface area contributed by atoms with Crippen LogP contribution in [0.5, 0.6) is 0 Å². The molecule has 1 aromatic heterocycles. The van der Waals surface area contributed by atoms with Crippen LogP contribution in [0.2, 0.25) is 0 Å². The number of hydrogen-bond acceptors (Lipinski definition) is 4. The Morgan fingerprint density at radius 1 is 1.52 bits per heavy atom. The fourth-order valence-electron chi connectivity index (χ4n) is 3.40. The molecule has 2 unspecified atom stereocenters. The lowest BCUT2D eigenvalue weighted by molar-refractivity contribution is 0.355. The van der Waals surface area contributed by atoms with Gasteiger partial charge in [0.05, 0.1) is 6.04 Å². The van der Waals surface area contributed by atoms with Crippen LogP contribution in [0.15, 0.2) is 6.20 Å². The minimum atomic E-state index is 0.0199. The van der Waals surface area contributed by atoms with Crippen LogP contribution < -0.4 is 16.4 Å². The van der Waals surface area contributed by atoms with Gasteiger partial charge in [-0.3, -0.25) is 0 Å². The molecular weight excluding hydrogens is 262 g/mol. The van der Waals surface area contributed by atoms with E-state index in [2.05, 4.69) is 34.2 Å². The van der Waals surface area contributed by atoms with Crippen LogP contribution in [0.25, 0.3) is 0 Å². The number of hydrogen-bond donors (Lipinski definition) is 3. The lowest BCUT2D eigenvalue weighted by Crippen LogP contribution is -2.37. The van der Waals surface area contributed by atoms with E-state index in [0.29, 0.717) is 12.0 Å². The molecule has 120 valence electrons. The fourth-order valence-corrected chi connectivity index (χ4v) is 3.40. The highest BCUT2D eigenvalue weighted by molar-refractivity contribution is 5.13. The minimum absolute atomic E-state index is 0.0199. The van der Waals surface area contributed by atoms with Crippen LogP contribution >= 0.6 is 0 Å². The van der Waals surface area contributed by atoms with E-state index in [0.717, 1.165) is 31.8 Å². The second kappa shape index (κ2) is 7.92. The standard InChI is InChI=1S/C16H31N5/c1-4-12(10-18-2)15-11-20-16(21(15)3)14(17)9-13-7-5-6-8-19-13/h11-14,18-19H,4-10,17H2,1-3H3/t12?,13?,14-/m0/s1. The van der Waals surface area contributed by atoms with Gasteiger partial charge < -0.3 is 20.9 Å². The Hall–Kier alpha value is -0.910. The SMILES string of the molecule is CCC(CNC)c1cnc([C@@H](N)CC2CCCCN2)n1C. The van der Waals surface area contributed by atoms with Crippen molar-refractivity contribution in [2.24, 2.45) is 12.8 Å². The van der Waals surface area contributed by atoms with Crippen molar-refractivity contribution in [3.8, 4) is 0 Å². The summed E-state index contributed by atoms with van der Waals surface area (Å²) in [6.07, 6.45) is 7.94. The van der Waals surface area contributed by atoms with Gasteiger partial charge in [0, 0.05) is 37.4 Å². The van der Waals surface area contributed by atoms with Gasteiger partial charge >= 0.3 is 0 Å². The molecule has 1 aliphatic rings. The number of piperidine rings is 1. The first-order valence-electron chi connectivity index (χ1n) is 8.32. The Balaban J connectivity index is 2.03. The molecule has 2 rings (SSSR count). The quantitative estimate of drug-likeness (QED) is 0.715. The first-order chi connectivity index (χ1) is 10.2. The molecule has 3 atom stereocenters. The largest absolute Gasteiger partial charge is 0.333 e. The molecule has 2 heterocycles. The van der Waals surface area contributed by atoms with Crippen molar-refractivity contribution in [2.75, 3.05) is 20.1 Å². The molecule has 5 heteroatoms. The van der Waals surface area contributed by atoms with E-state index < -0.39 is 0 Å². The number of aromatic nitrogens is 2. The van der Waals surface area contributed by atoms with E-state index in [9.17, 15) is 0 Å². The summed E-state index contributed by atoms with van der Waals surface area (Å²) in [7, 11) is 4.10. The van der Waals surface area contributed by atoms with Crippen LogP contribution in [0, 0.1) is 0 Å². The summed E-state index contributed by atoms with van der Waals surface area (Å²) in [6.45, 7) is 4.33. The minimum Gasteiger partial charge on any atom is -0.333 e. The van der Waals surface area contributed by atoms with E-state index in [4.69, 9.17) is 5.73 Å². The predicted octanol–water partition coefficient (Wildman–Crippen LogP) is 1.67. The Morgan fingerprint density at radius 3 is 2.95 bits per heavy atom. The molecule has 5 nitrogen and oxygen atoms in total. The lowest BCUT2D eigenvalue weighted by Gasteiger charge is -2.26. The average molecular weight is 293 g/mol. The van der Waals surface area contributed by atoms with Gasteiger partial charge in [0.15, 0.2) is 0 Å². The molecule has 21 heavy (non-hydrogen) atoms. The van der Waals surface area contributed by atoms with E-state index >= 15 is 0 Å². The molecule has 0 aliphatic carbocycles. The van der Waals surface area contributed by atoms with E-state index in [-0.39, 0.29) is 6.04 Å². The summed E-state index contributed by atoms with van der Waals surface area (Å²) in [5.41, 5.74) is 7.70. The number of likely N-dealkylation sites (N-methyl/N-ethyl adjacent to an activating group) is 1. The monoisotopic (exact) mass is 293 g/mol. The molecule has 0 saturated carbocycles. The van der Waals surface area contributed by atoms with Gasteiger partial charge in [-0.25, -0.2) is 4.98 Å². The second-order valence-electron chi connectivity index (χ2n) is 6.25. The molecule has 1 aromatic rings. The zero-order valence-corrected chi connectivity index (χ0v) is 13.7. The highest BCUT2D eigenvalue weighted by atomic mass is 15.1. The van der Waals surface area contributed by atoms with Gasteiger partial charge in [-0.1, -0.05) is 13.3 Å². The number of imidazole rings is 1. The summed E-state index contributed by atoms with van der Waals surface area (Å²) in [4.78, 5) is 4.61. The smallest absolute Gasteiger partial charge is 0.125 e. The Morgan fingerprint density at radius 2 is 2.33 bits per heavy atom. The molecule has 4 N–H and O–H groups in total. The zero-order chi connectivity index (χ0) is 15.2. The third-order valence-corrected chi connectivity index (χ3v) is 4.70. The third-order valence-electron chi connectivity index (χ3n) is 4.70. The Kier molecular flexibility index (Phi) is 6.21. The highest BCUT2D eigenvalue weighted by Crippen LogP contribution is 2.24. The summed E-state index contributed by atoms with van der Waals surface area (Å²) in [5, 5.41) is 6.84. The van der Waals surface area contributed by atoms with Gasteiger partial charge in [0.2, 0.25) is 0 Å². The first-order valence-corrected chi connectivity index (χ1v) is 8.32.